The maximum absolute atomic E-state index is 12.9. The maximum atomic E-state index is 12.9. The van der Waals surface area contributed by atoms with Gasteiger partial charge in [-0.2, -0.15) is 0 Å². The van der Waals surface area contributed by atoms with Gasteiger partial charge >= 0.3 is 5.97 Å². The molecule has 7 nitrogen and oxygen atoms in total. The van der Waals surface area contributed by atoms with E-state index in [1.165, 1.54) is 11.8 Å². The van der Waals surface area contributed by atoms with Crippen LogP contribution in [0.1, 0.15) is 31.9 Å². The largest absolute Gasteiger partial charge is 0.497 e. The van der Waals surface area contributed by atoms with Gasteiger partial charge in [0.1, 0.15) is 18.0 Å². The highest BCUT2D eigenvalue weighted by molar-refractivity contribution is 8.13. The molecule has 1 aromatic rings. The molecule has 0 radical (unpaired) electrons. The van der Waals surface area contributed by atoms with Crippen LogP contribution in [0.4, 0.5) is 0 Å². The van der Waals surface area contributed by atoms with Gasteiger partial charge in [-0.1, -0.05) is 18.7 Å². The molecule has 1 N–H and O–H groups in total. The molecule has 0 aliphatic carbocycles. The Morgan fingerprint density at radius 2 is 2.15 bits per heavy atom. The first-order chi connectivity index (χ1) is 12.3. The van der Waals surface area contributed by atoms with E-state index >= 15 is 0 Å². The van der Waals surface area contributed by atoms with Gasteiger partial charge in [0.05, 0.1) is 19.8 Å². The van der Waals surface area contributed by atoms with Crippen molar-refractivity contribution in [2.75, 3.05) is 26.0 Å². The van der Waals surface area contributed by atoms with Crippen LogP contribution in [0.3, 0.4) is 0 Å². The number of hydrogen-bond donors (Lipinski definition) is 1. The van der Waals surface area contributed by atoms with Gasteiger partial charge in [-0.15, -0.1) is 0 Å². The third kappa shape index (κ3) is 4.91. The zero-order chi connectivity index (χ0) is 19.3. The SMILES string of the molecule is COc1ccc2c(c1)C(N(CC(=O)O)C(=O)C(C)CSC(C)=O)CCO2. The normalized spacial score (nSPS) is 16.8. The molecule has 8 heteroatoms. The molecule has 26 heavy (non-hydrogen) atoms. The molecule has 2 unspecified atom stereocenters. The highest BCUT2D eigenvalue weighted by Crippen LogP contribution is 2.38. The van der Waals surface area contributed by atoms with E-state index in [4.69, 9.17) is 9.47 Å². The molecule has 0 saturated heterocycles. The number of carboxylic acids is 1. The molecule has 1 aliphatic heterocycles. The van der Waals surface area contributed by atoms with E-state index < -0.39 is 24.5 Å². The van der Waals surface area contributed by atoms with Crippen LogP contribution < -0.4 is 9.47 Å². The van der Waals surface area contributed by atoms with Crippen LogP contribution in [0, 0.1) is 5.92 Å². The number of hydrogen-bond acceptors (Lipinski definition) is 6. The van der Waals surface area contributed by atoms with Crippen LogP contribution >= 0.6 is 11.8 Å². The lowest BCUT2D eigenvalue weighted by Crippen LogP contribution is -2.43. The predicted octanol–water partition coefficient (Wildman–Crippen LogP) is 2.35. The third-order valence-electron chi connectivity index (χ3n) is 4.15. The molecule has 1 aliphatic rings. The number of carbonyl (C=O) groups excluding carboxylic acids is 2. The lowest BCUT2D eigenvalue weighted by molar-refractivity contribution is -0.148. The fourth-order valence-electron chi connectivity index (χ4n) is 2.89. The second-order valence-electron chi connectivity index (χ2n) is 6.12. The average Bonchev–Trinajstić information content (AvgIpc) is 2.62. The fourth-order valence-corrected chi connectivity index (χ4v) is 3.52. The second kappa shape index (κ2) is 8.93. The van der Waals surface area contributed by atoms with Gasteiger partial charge in [0.15, 0.2) is 5.12 Å². The van der Waals surface area contributed by atoms with Crippen molar-refractivity contribution in [3.05, 3.63) is 23.8 Å². The fraction of sp³-hybridized carbons (Fsp3) is 0.500. The van der Waals surface area contributed by atoms with Crippen LogP contribution in [0.15, 0.2) is 18.2 Å². The van der Waals surface area contributed by atoms with Gasteiger partial charge in [-0.25, -0.2) is 0 Å². The molecule has 0 aromatic heterocycles. The topological polar surface area (TPSA) is 93.1 Å². The summed E-state index contributed by atoms with van der Waals surface area (Å²) in [5.74, 6) is -0.292. The molecular formula is C18H23NO6S. The van der Waals surface area contributed by atoms with E-state index in [-0.39, 0.29) is 11.0 Å². The van der Waals surface area contributed by atoms with Gasteiger partial charge in [-0.05, 0) is 18.2 Å². The van der Waals surface area contributed by atoms with Crippen molar-refractivity contribution in [1.29, 1.82) is 0 Å². The lowest BCUT2D eigenvalue weighted by Gasteiger charge is -2.36. The van der Waals surface area contributed by atoms with Gasteiger partial charge in [0.25, 0.3) is 0 Å². The van der Waals surface area contributed by atoms with Gasteiger partial charge in [0.2, 0.25) is 5.91 Å². The Hall–Kier alpha value is -2.22. The van der Waals surface area contributed by atoms with Crippen molar-refractivity contribution >= 4 is 28.8 Å². The number of ether oxygens (including phenoxy) is 2. The number of rotatable bonds is 7. The highest BCUT2D eigenvalue weighted by Gasteiger charge is 2.34. The first kappa shape index (κ1) is 20.1. The Bertz CT molecular complexity index is 692. The lowest BCUT2D eigenvalue weighted by atomic mass is 9.97. The van der Waals surface area contributed by atoms with Crippen molar-refractivity contribution in [2.24, 2.45) is 5.92 Å². The van der Waals surface area contributed by atoms with Crippen LogP contribution in [-0.2, 0) is 14.4 Å². The second-order valence-corrected chi connectivity index (χ2v) is 7.32. The minimum absolute atomic E-state index is 0.0735. The number of carbonyl (C=O) groups is 3. The molecule has 2 rings (SSSR count). The number of amides is 1. The Morgan fingerprint density at radius 1 is 1.42 bits per heavy atom. The zero-order valence-electron chi connectivity index (χ0n) is 15.1. The summed E-state index contributed by atoms with van der Waals surface area (Å²) >= 11 is 1.06. The summed E-state index contributed by atoms with van der Waals surface area (Å²) in [4.78, 5) is 36.8. The molecule has 1 aromatic carbocycles. The molecule has 0 saturated carbocycles. The number of benzene rings is 1. The summed E-state index contributed by atoms with van der Waals surface area (Å²) < 4.78 is 10.9. The van der Waals surface area contributed by atoms with Crippen LogP contribution in [0.5, 0.6) is 11.5 Å². The van der Waals surface area contributed by atoms with Crippen LogP contribution in [0.2, 0.25) is 0 Å². The molecule has 2 atom stereocenters. The maximum Gasteiger partial charge on any atom is 0.323 e. The molecule has 0 bridgehead atoms. The van der Waals surface area contributed by atoms with Crippen molar-refractivity contribution in [2.45, 2.75) is 26.3 Å². The van der Waals surface area contributed by atoms with Gasteiger partial charge < -0.3 is 19.5 Å². The number of methoxy groups -OCH3 is 1. The van der Waals surface area contributed by atoms with E-state index in [0.29, 0.717) is 30.3 Å². The van der Waals surface area contributed by atoms with Gasteiger partial charge in [0, 0.05) is 30.6 Å². The molecule has 1 amide bonds. The molecule has 142 valence electrons. The Kier molecular flexibility index (Phi) is 6.90. The summed E-state index contributed by atoms with van der Waals surface area (Å²) in [6.07, 6.45) is 0.492. The molecule has 1 heterocycles. The smallest absolute Gasteiger partial charge is 0.323 e. The first-order valence-electron chi connectivity index (χ1n) is 8.29. The summed E-state index contributed by atoms with van der Waals surface area (Å²) in [5.41, 5.74) is 0.733. The van der Waals surface area contributed by atoms with E-state index in [1.54, 1.807) is 32.2 Å². The molecule has 0 fully saturated rings. The third-order valence-corrected chi connectivity index (χ3v) is 5.22. The van der Waals surface area contributed by atoms with E-state index in [1.807, 2.05) is 0 Å². The van der Waals surface area contributed by atoms with Crippen molar-refractivity contribution in [3.8, 4) is 11.5 Å². The first-order valence-corrected chi connectivity index (χ1v) is 9.28. The number of aliphatic carboxylic acids is 1. The standard InChI is InChI=1S/C18H23NO6S/c1-11(10-26-12(2)20)18(23)19(9-17(21)22)15-6-7-25-16-5-4-13(24-3)8-14(15)16/h4-5,8,11,15H,6-7,9-10H2,1-3H3,(H,21,22). The quantitative estimate of drug-likeness (QED) is 0.775. The molecular weight excluding hydrogens is 358 g/mol. The van der Waals surface area contributed by atoms with Crippen LogP contribution in [0.25, 0.3) is 0 Å². The van der Waals surface area contributed by atoms with Crippen LogP contribution in [-0.4, -0.2) is 53.0 Å². The Morgan fingerprint density at radius 3 is 2.77 bits per heavy atom. The van der Waals surface area contributed by atoms with Crippen molar-refractivity contribution in [3.63, 3.8) is 0 Å². The summed E-state index contributed by atoms with van der Waals surface area (Å²) in [6.45, 7) is 3.13. The van der Waals surface area contributed by atoms with E-state index in [2.05, 4.69) is 0 Å². The Labute approximate surface area is 156 Å². The average molecular weight is 381 g/mol. The Balaban J connectivity index is 2.31. The number of nitrogens with zero attached hydrogens (tertiary/aromatic N) is 1. The summed E-state index contributed by atoms with van der Waals surface area (Å²) in [5, 5.41) is 9.23. The van der Waals surface area contributed by atoms with E-state index in [9.17, 15) is 19.5 Å². The monoisotopic (exact) mass is 381 g/mol. The minimum Gasteiger partial charge on any atom is -0.497 e. The number of carboxylic acid groups (broad SMARTS) is 1. The summed E-state index contributed by atoms with van der Waals surface area (Å²) in [6, 6.07) is 4.88. The number of thioether (sulfide) groups is 1. The minimum atomic E-state index is -1.08. The van der Waals surface area contributed by atoms with Crippen molar-refractivity contribution < 1.29 is 29.0 Å². The zero-order valence-corrected chi connectivity index (χ0v) is 15.9. The van der Waals surface area contributed by atoms with Gasteiger partial charge in [-0.3, -0.25) is 14.4 Å². The predicted molar refractivity (Wildman–Crippen MR) is 97.5 cm³/mol. The highest BCUT2D eigenvalue weighted by atomic mass is 32.2. The summed E-state index contributed by atoms with van der Waals surface area (Å²) in [7, 11) is 1.54. The van der Waals surface area contributed by atoms with Crippen molar-refractivity contribution in [1.82, 2.24) is 4.90 Å². The molecule has 0 spiro atoms. The van der Waals surface area contributed by atoms with E-state index in [0.717, 1.165) is 17.3 Å². The number of fused-ring (bicyclic) bond motifs is 1.